The maximum absolute atomic E-state index is 12.8. The zero-order chi connectivity index (χ0) is 16.2. The van der Waals surface area contributed by atoms with Gasteiger partial charge in [0.05, 0.1) is 6.04 Å². The summed E-state index contributed by atoms with van der Waals surface area (Å²) in [7, 11) is 0. The molecule has 0 unspecified atom stereocenters. The molecule has 3 nitrogen and oxygen atoms in total. The van der Waals surface area contributed by atoms with Crippen molar-refractivity contribution < 1.29 is 9.53 Å². The van der Waals surface area contributed by atoms with Gasteiger partial charge in [0.1, 0.15) is 5.75 Å². The molecule has 3 rings (SSSR count). The number of carbonyl (C=O) groups is 1. The molecule has 0 N–H and O–H groups in total. The second-order valence-electron chi connectivity index (χ2n) is 6.25. The first-order valence-electron chi connectivity index (χ1n) is 8.27. The predicted molar refractivity (Wildman–Crippen MR) is 91.3 cm³/mol. The van der Waals surface area contributed by atoms with Crippen molar-refractivity contribution in [3.8, 4) is 5.75 Å². The Morgan fingerprint density at radius 1 is 1.00 bits per heavy atom. The van der Waals surface area contributed by atoms with Gasteiger partial charge in [-0.2, -0.15) is 0 Å². The highest BCUT2D eigenvalue weighted by Gasteiger charge is 2.37. The minimum absolute atomic E-state index is 0.0111. The molecule has 0 spiro atoms. The molecular formula is C20H23NO2. The van der Waals surface area contributed by atoms with Crippen LogP contribution in [0.1, 0.15) is 38.3 Å². The average molecular weight is 309 g/mol. The molecule has 2 aromatic rings. The fraction of sp³-hybridized carbons (Fsp3) is 0.350. The van der Waals surface area contributed by atoms with E-state index in [2.05, 4.69) is 26.0 Å². The van der Waals surface area contributed by atoms with Gasteiger partial charge in [-0.15, -0.1) is 0 Å². The number of amides is 1. The Labute approximate surface area is 137 Å². The minimum Gasteiger partial charge on any atom is -0.410 e. The van der Waals surface area contributed by atoms with Crippen molar-refractivity contribution in [1.82, 2.24) is 4.90 Å². The molecule has 2 aromatic carbocycles. The Morgan fingerprint density at radius 2 is 1.57 bits per heavy atom. The van der Waals surface area contributed by atoms with Crippen molar-refractivity contribution in [3.05, 3.63) is 66.2 Å². The summed E-state index contributed by atoms with van der Waals surface area (Å²) in [6.45, 7) is 4.20. The van der Waals surface area contributed by atoms with E-state index < -0.39 is 0 Å². The first-order valence-corrected chi connectivity index (χ1v) is 8.27. The van der Waals surface area contributed by atoms with E-state index in [1.165, 1.54) is 12.8 Å². The van der Waals surface area contributed by atoms with Gasteiger partial charge in [0, 0.05) is 6.04 Å². The normalized spacial score (nSPS) is 16.4. The highest BCUT2D eigenvalue weighted by Crippen LogP contribution is 2.38. The van der Waals surface area contributed by atoms with Crippen molar-refractivity contribution in [2.75, 3.05) is 0 Å². The van der Waals surface area contributed by atoms with Gasteiger partial charge in [-0.05, 0) is 50.3 Å². The molecular weight excluding hydrogens is 286 g/mol. The number of para-hydroxylation sites is 1. The van der Waals surface area contributed by atoms with Gasteiger partial charge >= 0.3 is 6.09 Å². The molecule has 3 heteroatoms. The lowest BCUT2D eigenvalue weighted by molar-refractivity contribution is 0.107. The third-order valence-electron chi connectivity index (χ3n) is 4.60. The number of nitrogens with zero attached hydrogens (tertiary/aromatic N) is 1. The summed E-state index contributed by atoms with van der Waals surface area (Å²) in [4.78, 5) is 14.7. The van der Waals surface area contributed by atoms with Crippen molar-refractivity contribution in [3.63, 3.8) is 0 Å². The Morgan fingerprint density at radius 3 is 2.13 bits per heavy atom. The molecule has 0 aliphatic heterocycles. The number of hydrogen-bond acceptors (Lipinski definition) is 2. The van der Waals surface area contributed by atoms with Crippen LogP contribution in [0.3, 0.4) is 0 Å². The molecule has 0 bridgehead atoms. The SMILES string of the molecule is C[C@H](c1ccccc1)N(C(=O)Oc1ccccc1)[C@H](C)C1CC1. The topological polar surface area (TPSA) is 29.5 Å². The molecule has 0 aromatic heterocycles. The fourth-order valence-electron chi connectivity index (χ4n) is 3.02. The number of ether oxygens (including phenoxy) is 1. The molecule has 1 saturated carbocycles. The number of hydrogen-bond donors (Lipinski definition) is 0. The first kappa shape index (κ1) is 15.6. The van der Waals surface area contributed by atoms with Crippen LogP contribution in [0.5, 0.6) is 5.75 Å². The molecule has 23 heavy (non-hydrogen) atoms. The third-order valence-corrected chi connectivity index (χ3v) is 4.60. The van der Waals surface area contributed by atoms with E-state index in [0.29, 0.717) is 11.7 Å². The molecule has 120 valence electrons. The number of benzene rings is 2. The van der Waals surface area contributed by atoms with Crippen LogP contribution >= 0.6 is 0 Å². The lowest BCUT2D eigenvalue weighted by atomic mass is 10.0. The van der Waals surface area contributed by atoms with Crippen molar-refractivity contribution in [2.24, 2.45) is 5.92 Å². The molecule has 1 fully saturated rings. The smallest absolute Gasteiger partial charge is 0.410 e. The zero-order valence-corrected chi connectivity index (χ0v) is 13.7. The second kappa shape index (κ2) is 6.86. The van der Waals surface area contributed by atoms with Gasteiger partial charge in [0.2, 0.25) is 0 Å². The van der Waals surface area contributed by atoms with Gasteiger partial charge in [-0.3, -0.25) is 4.90 Å². The van der Waals surface area contributed by atoms with Crippen LogP contribution < -0.4 is 4.74 Å². The molecule has 0 heterocycles. The fourth-order valence-corrected chi connectivity index (χ4v) is 3.02. The van der Waals surface area contributed by atoms with E-state index in [0.717, 1.165) is 5.56 Å². The maximum Gasteiger partial charge on any atom is 0.415 e. The summed E-state index contributed by atoms with van der Waals surface area (Å²) < 4.78 is 5.61. The van der Waals surface area contributed by atoms with Crippen molar-refractivity contribution in [2.45, 2.75) is 38.8 Å². The lowest BCUT2D eigenvalue weighted by Gasteiger charge is -2.34. The zero-order valence-electron chi connectivity index (χ0n) is 13.7. The van der Waals surface area contributed by atoms with E-state index in [-0.39, 0.29) is 18.2 Å². The summed E-state index contributed by atoms with van der Waals surface area (Å²) in [6, 6.07) is 19.6. The van der Waals surface area contributed by atoms with Crippen LogP contribution in [-0.4, -0.2) is 17.0 Å². The number of carbonyl (C=O) groups excluding carboxylic acids is 1. The summed E-state index contributed by atoms with van der Waals surface area (Å²) in [5.41, 5.74) is 1.13. The minimum atomic E-state index is -0.271. The maximum atomic E-state index is 12.8. The van der Waals surface area contributed by atoms with Gasteiger partial charge in [-0.1, -0.05) is 48.5 Å². The van der Waals surface area contributed by atoms with E-state index in [9.17, 15) is 4.79 Å². The van der Waals surface area contributed by atoms with Crippen LogP contribution in [0, 0.1) is 5.92 Å². The number of rotatable bonds is 5. The molecule has 1 amide bonds. The van der Waals surface area contributed by atoms with E-state index in [1.807, 2.05) is 53.4 Å². The molecule has 1 aliphatic rings. The molecule has 0 saturated heterocycles. The molecule has 0 radical (unpaired) electrons. The summed E-state index contributed by atoms with van der Waals surface area (Å²) in [5, 5.41) is 0. The van der Waals surface area contributed by atoms with E-state index >= 15 is 0 Å². The standard InChI is InChI=1S/C20H23NO2/c1-15(17-9-5-3-6-10-17)21(16(2)18-13-14-18)20(22)23-19-11-7-4-8-12-19/h3-12,15-16,18H,13-14H2,1-2H3/t15-,16-/m1/s1. The molecule has 1 aliphatic carbocycles. The summed E-state index contributed by atoms with van der Waals surface area (Å²) >= 11 is 0. The van der Waals surface area contributed by atoms with Crippen LogP contribution in [0.25, 0.3) is 0 Å². The second-order valence-corrected chi connectivity index (χ2v) is 6.25. The van der Waals surface area contributed by atoms with Crippen LogP contribution in [0.4, 0.5) is 4.79 Å². The van der Waals surface area contributed by atoms with Gasteiger partial charge < -0.3 is 4.74 Å². The Kier molecular flexibility index (Phi) is 4.65. The average Bonchev–Trinajstić information content (AvgIpc) is 3.41. The summed E-state index contributed by atoms with van der Waals surface area (Å²) in [6.07, 6.45) is 2.11. The van der Waals surface area contributed by atoms with Crippen LogP contribution in [0.2, 0.25) is 0 Å². The Hall–Kier alpha value is -2.29. The van der Waals surface area contributed by atoms with Crippen LogP contribution in [0.15, 0.2) is 60.7 Å². The van der Waals surface area contributed by atoms with E-state index in [4.69, 9.17) is 4.74 Å². The van der Waals surface area contributed by atoms with Crippen molar-refractivity contribution in [1.29, 1.82) is 0 Å². The summed E-state index contributed by atoms with van der Waals surface area (Å²) in [5.74, 6) is 1.18. The van der Waals surface area contributed by atoms with Gasteiger partial charge in [0.15, 0.2) is 0 Å². The van der Waals surface area contributed by atoms with Gasteiger partial charge in [0.25, 0.3) is 0 Å². The highest BCUT2D eigenvalue weighted by atomic mass is 16.6. The Balaban J connectivity index is 1.81. The van der Waals surface area contributed by atoms with Gasteiger partial charge in [-0.25, -0.2) is 4.79 Å². The Bertz CT molecular complexity index is 637. The lowest BCUT2D eigenvalue weighted by Crippen LogP contribution is -2.43. The predicted octanol–water partition coefficient (Wildman–Crippen LogP) is 5.05. The largest absolute Gasteiger partial charge is 0.415 e. The van der Waals surface area contributed by atoms with E-state index in [1.54, 1.807) is 0 Å². The monoisotopic (exact) mass is 309 g/mol. The van der Waals surface area contributed by atoms with Crippen molar-refractivity contribution >= 4 is 6.09 Å². The molecule has 2 atom stereocenters. The first-order chi connectivity index (χ1) is 11.2. The van der Waals surface area contributed by atoms with Crippen LogP contribution in [-0.2, 0) is 0 Å². The highest BCUT2D eigenvalue weighted by molar-refractivity contribution is 5.71. The quantitative estimate of drug-likeness (QED) is 0.773. The third kappa shape index (κ3) is 3.73.